The van der Waals surface area contributed by atoms with Crippen LogP contribution in [0.3, 0.4) is 0 Å². The third-order valence-electron chi connectivity index (χ3n) is 2.73. The van der Waals surface area contributed by atoms with Gasteiger partial charge in [0.05, 0.1) is 19.1 Å². The van der Waals surface area contributed by atoms with E-state index in [0.29, 0.717) is 12.2 Å². The summed E-state index contributed by atoms with van der Waals surface area (Å²) in [6.07, 6.45) is -0.552. The standard InChI is InChI=1S/C15H20BrNO4/c1-3-21-14(19)7-8-17(10-11(2)18)15(20)12-5-4-6-13(16)9-12/h4-6,9,11,18H,3,7-8,10H2,1-2H3. The summed E-state index contributed by atoms with van der Waals surface area (Å²) < 4.78 is 5.66. The van der Waals surface area contributed by atoms with Gasteiger partial charge in [-0.15, -0.1) is 0 Å². The fourth-order valence-electron chi connectivity index (χ4n) is 1.86. The second-order valence-electron chi connectivity index (χ2n) is 4.67. The number of carbonyl (C=O) groups is 2. The molecule has 21 heavy (non-hydrogen) atoms. The number of rotatable bonds is 7. The van der Waals surface area contributed by atoms with Gasteiger partial charge in [-0.3, -0.25) is 9.59 Å². The summed E-state index contributed by atoms with van der Waals surface area (Å²) in [7, 11) is 0. The molecule has 1 aromatic rings. The average molecular weight is 358 g/mol. The highest BCUT2D eigenvalue weighted by molar-refractivity contribution is 9.10. The number of aliphatic hydroxyl groups excluding tert-OH is 1. The Morgan fingerprint density at radius 3 is 2.71 bits per heavy atom. The Morgan fingerprint density at radius 1 is 1.43 bits per heavy atom. The lowest BCUT2D eigenvalue weighted by atomic mass is 10.2. The maximum atomic E-state index is 12.4. The maximum Gasteiger partial charge on any atom is 0.307 e. The van der Waals surface area contributed by atoms with E-state index < -0.39 is 6.10 Å². The number of hydrogen-bond donors (Lipinski definition) is 1. The number of amides is 1. The van der Waals surface area contributed by atoms with Gasteiger partial charge in [0, 0.05) is 23.1 Å². The molecule has 1 amide bonds. The molecular weight excluding hydrogens is 338 g/mol. The first-order valence-electron chi connectivity index (χ1n) is 6.82. The van der Waals surface area contributed by atoms with E-state index >= 15 is 0 Å². The predicted octanol–water partition coefficient (Wildman–Crippen LogP) is 2.23. The number of aliphatic hydroxyl groups is 1. The van der Waals surface area contributed by atoms with Gasteiger partial charge in [-0.25, -0.2) is 0 Å². The molecule has 0 saturated carbocycles. The van der Waals surface area contributed by atoms with Gasteiger partial charge in [-0.05, 0) is 32.0 Å². The normalized spacial score (nSPS) is 11.8. The third-order valence-corrected chi connectivity index (χ3v) is 3.23. The van der Waals surface area contributed by atoms with Crippen molar-refractivity contribution in [2.24, 2.45) is 0 Å². The molecule has 1 aromatic carbocycles. The van der Waals surface area contributed by atoms with Crippen LogP contribution in [0.2, 0.25) is 0 Å². The minimum atomic E-state index is -0.664. The quantitative estimate of drug-likeness (QED) is 0.759. The van der Waals surface area contributed by atoms with E-state index in [2.05, 4.69) is 15.9 Å². The van der Waals surface area contributed by atoms with Crippen LogP contribution >= 0.6 is 15.9 Å². The van der Waals surface area contributed by atoms with Crippen molar-refractivity contribution >= 4 is 27.8 Å². The highest BCUT2D eigenvalue weighted by Gasteiger charge is 2.19. The summed E-state index contributed by atoms with van der Waals surface area (Å²) in [5.41, 5.74) is 0.508. The Morgan fingerprint density at radius 2 is 2.14 bits per heavy atom. The molecule has 0 aliphatic carbocycles. The molecule has 1 unspecified atom stereocenters. The van der Waals surface area contributed by atoms with Gasteiger partial charge in [0.25, 0.3) is 5.91 Å². The van der Waals surface area contributed by atoms with E-state index in [4.69, 9.17) is 4.74 Å². The number of halogens is 1. The smallest absolute Gasteiger partial charge is 0.307 e. The number of nitrogens with zero attached hydrogens (tertiary/aromatic N) is 1. The van der Waals surface area contributed by atoms with Crippen molar-refractivity contribution in [2.45, 2.75) is 26.4 Å². The van der Waals surface area contributed by atoms with E-state index in [0.717, 1.165) is 4.47 Å². The number of ether oxygens (including phenoxy) is 1. The Balaban J connectivity index is 2.76. The summed E-state index contributed by atoms with van der Waals surface area (Å²) in [6.45, 7) is 4.04. The van der Waals surface area contributed by atoms with Gasteiger partial charge in [0.15, 0.2) is 0 Å². The van der Waals surface area contributed by atoms with Crippen LogP contribution in [0.5, 0.6) is 0 Å². The van der Waals surface area contributed by atoms with Gasteiger partial charge < -0.3 is 14.7 Å². The molecule has 5 nitrogen and oxygen atoms in total. The second-order valence-corrected chi connectivity index (χ2v) is 5.58. The first-order chi connectivity index (χ1) is 9.93. The Labute approximate surface area is 133 Å². The summed E-state index contributed by atoms with van der Waals surface area (Å²) in [5, 5.41) is 9.52. The number of esters is 1. The van der Waals surface area contributed by atoms with E-state index in [1.165, 1.54) is 4.90 Å². The van der Waals surface area contributed by atoms with Crippen LogP contribution < -0.4 is 0 Å². The molecule has 6 heteroatoms. The van der Waals surface area contributed by atoms with Crippen molar-refractivity contribution in [2.75, 3.05) is 19.7 Å². The fraction of sp³-hybridized carbons (Fsp3) is 0.467. The zero-order chi connectivity index (χ0) is 15.8. The average Bonchev–Trinajstić information content (AvgIpc) is 2.42. The molecule has 0 aliphatic rings. The lowest BCUT2D eigenvalue weighted by molar-refractivity contribution is -0.143. The fourth-order valence-corrected chi connectivity index (χ4v) is 2.26. The van der Waals surface area contributed by atoms with Crippen LogP contribution in [0.1, 0.15) is 30.6 Å². The first-order valence-corrected chi connectivity index (χ1v) is 7.61. The molecule has 1 atom stereocenters. The van der Waals surface area contributed by atoms with Gasteiger partial charge >= 0.3 is 5.97 Å². The van der Waals surface area contributed by atoms with Crippen LogP contribution in [-0.2, 0) is 9.53 Å². The van der Waals surface area contributed by atoms with Crippen LogP contribution in [0, 0.1) is 0 Å². The molecule has 0 spiro atoms. The van der Waals surface area contributed by atoms with Crippen molar-refractivity contribution in [1.82, 2.24) is 4.90 Å². The zero-order valence-corrected chi connectivity index (χ0v) is 13.8. The SMILES string of the molecule is CCOC(=O)CCN(CC(C)O)C(=O)c1cccc(Br)c1. The van der Waals surface area contributed by atoms with Gasteiger partial charge in [0.2, 0.25) is 0 Å². The lowest BCUT2D eigenvalue weighted by Crippen LogP contribution is -2.38. The maximum absolute atomic E-state index is 12.4. The van der Waals surface area contributed by atoms with Crippen molar-refractivity contribution in [1.29, 1.82) is 0 Å². The number of hydrogen-bond acceptors (Lipinski definition) is 4. The Kier molecular flexibility index (Phi) is 7.39. The number of benzene rings is 1. The molecule has 0 radical (unpaired) electrons. The molecule has 0 aromatic heterocycles. The van der Waals surface area contributed by atoms with Crippen LogP contribution in [0.4, 0.5) is 0 Å². The minimum Gasteiger partial charge on any atom is -0.466 e. The molecule has 0 saturated heterocycles. The molecule has 0 heterocycles. The minimum absolute atomic E-state index is 0.111. The van der Waals surface area contributed by atoms with Gasteiger partial charge in [-0.1, -0.05) is 22.0 Å². The molecule has 0 fully saturated rings. The predicted molar refractivity (Wildman–Crippen MR) is 83.0 cm³/mol. The molecule has 1 N–H and O–H groups in total. The van der Waals surface area contributed by atoms with Crippen LogP contribution in [-0.4, -0.2) is 47.7 Å². The lowest BCUT2D eigenvalue weighted by Gasteiger charge is -2.24. The summed E-state index contributed by atoms with van der Waals surface area (Å²) in [5.74, 6) is -0.573. The van der Waals surface area contributed by atoms with E-state index in [1.807, 2.05) is 6.07 Å². The van der Waals surface area contributed by atoms with E-state index in [9.17, 15) is 14.7 Å². The van der Waals surface area contributed by atoms with Crippen LogP contribution in [0.15, 0.2) is 28.7 Å². The second kappa shape index (κ2) is 8.79. The van der Waals surface area contributed by atoms with Crippen molar-refractivity contribution in [3.63, 3.8) is 0 Å². The topological polar surface area (TPSA) is 66.8 Å². The molecule has 116 valence electrons. The van der Waals surface area contributed by atoms with Gasteiger partial charge in [-0.2, -0.15) is 0 Å². The third kappa shape index (κ3) is 6.27. The van der Waals surface area contributed by atoms with Crippen molar-refractivity contribution in [3.8, 4) is 0 Å². The molecule has 0 aliphatic heterocycles. The molecule has 0 bridgehead atoms. The first kappa shape index (κ1) is 17.7. The zero-order valence-electron chi connectivity index (χ0n) is 12.2. The van der Waals surface area contributed by atoms with Gasteiger partial charge in [0.1, 0.15) is 0 Å². The highest BCUT2D eigenvalue weighted by atomic mass is 79.9. The number of carbonyl (C=O) groups excluding carboxylic acids is 2. The molecule has 1 rings (SSSR count). The van der Waals surface area contributed by atoms with E-state index in [-0.39, 0.29) is 31.4 Å². The van der Waals surface area contributed by atoms with Crippen molar-refractivity contribution < 1.29 is 19.4 Å². The highest BCUT2D eigenvalue weighted by Crippen LogP contribution is 2.14. The van der Waals surface area contributed by atoms with E-state index in [1.54, 1.807) is 32.0 Å². The summed E-state index contributed by atoms with van der Waals surface area (Å²) in [4.78, 5) is 25.3. The van der Waals surface area contributed by atoms with Crippen molar-refractivity contribution in [3.05, 3.63) is 34.3 Å². The Hall–Kier alpha value is -1.40. The van der Waals surface area contributed by atoms with Crippen LogP contribution in [0.25, 0.3) is 0 Å². The monoisotopic (exact) mass is 357 g/mol. The Bertz CT molecular complexity index is 490. The largest absolute Gasteiger partial charge is 0.466 e. The molecular formula is C15H20BrNO4. The summed E-state index contributed by atoms with van der Waals surface area (Å²) >= 11 is 3.32. The summed E-state index contributed by atoms with van der Waals surface area (Å²) in [6, 6.07) is 7.01.